The minimum Gasteiger partial charge on any atom is -0.496 e. The summed E-state index contributed by atoms with van der Waals surface area (Å²) in [4.78, 5) is 2.17. The van der Waals surface area contributed by atoms with Crippen LogP contribution >= 0.6 is 0 Å². The lowest BCUT2D eigenvalue weighted by atomic mass is 9.87. The van der Waals surface area contributed by atoms with E-state index >= 15 is 0 Å². The van der Waals surface area contributed by atoms with Crippen LogP contribution in [0.1, 0.15) is 36.1 Å². The van der Waals surface area contributed by atoms with Gasteiger partial charge in [0.05, 0.1) is 7.11 Å². The maximum absolute atomic E-state index is 9.65. The number of aliphatic hydroxyl groups excluding tert-OH is 1. The van der Waals surface area contributed by atoms with Crippen LogP contribution in [0.15, 0.2) is 12.1 Å². The Morgan fingerprint density at radius 2 is 1.89 bits per heavy atom. The van der Waals surface area contributed by atoms with Crippen LogP contribution in [-0.4, -0.2) is 37.8 Å². The molecule has 3 nitrogen and oxygen atoms in total. The highest BCUT2D eigenvalue weighted by Gasteiger charge is 2.27. The fourth-order valence-electron chi connectivity index (χ4n) is 2.86. The van der Waals surface area contributed by atoms with Gasteiger partial charge in [-0.2, -0.15) is 0 Å². The van der Waals surface area contributed by atoms with E-state index in [1.807, 2.05) is 0 Å². The standard InChI is InChI=1S/C16H27NO2/c1-7-13(10-18)16(17(4)5)15-12(3)8-11(2)9-14(15)19-6/h8-9,13,16,18H,7,10H2,1-6H3. The normalized spacial score (nSPS) is 14.5. The molecule has 1 aromatic carbocycles. The second-order valence-electron chi connectivity index (χ2n) is 5.46. The van der Waals surface area contributed by atoms with E-state index in [1.165, 1.54) is 16.7 Å². The van der Waals surface area contributed by atoms with Gasteiger partial charge in [-0.1, -0.05) is 13.0 Å². The molecule has 19 heavy (non-hydrogen) atoms. The van der Waals surface area contributed by atoms with E-state index in [0.29, 0.717) is 0 Å². The molecule has 1 rings (SSSR count). The molecular weight excluding hydrogens is 238 g/mol. The molecule has 0 amide bonds. The number of aliphatic hydroxyl groups is 1. The zero-order chi connectivity index (χ0) is 14.6. The van der Waals surface area contributed by atoms with Gasteiger partial charge in [0.2, 0.25) is 0 Å². The fourth-order valence-corrected chi connectivity index (χ4v) is 2.86. The molecule has 0 aliphatic rings. The molecule has 0 saturated carbocycles. The molecule has 3 heteroatoms. The summed E-state index contributed by atoms with van der Waals surface area (Å²) in [6.45, 7) is 6.50. The molecule has 1 N–H and O–H groups in total. The summed E-state index contributed by atoms with van der Waals surface area (Å²) in [5.74, 6) is 1.13. The molecule has 0 aromatic heterocycles. The monoisotopic (exact) mass is 265 g/mol. The summed E-state index contributed by atoms with van der Waals surface area (Å²) in [7, 11) is 5.83. The lowest BCUT2D eigenvalue weighted by molar-refractivity contribution is 0.128. The van der Waals surface area contributed by atoms with Crippen LogP contribution in [0.4, 0.5) is 0 Å². The summed E-state index contributed by atoms with van der Waals surface area (Å²) in [5, 5.41) is 9.65. The van der Waals surface area contributed by atoms with Gasteiger partial charge in [-0.15, -0.1) is 0 Å². The highest BCUT2D eigenvalue weighted by molar-refractivity contribution is 5.45. The molecule has 0 radical (unpaired) electrons. The molecule has 0 spiro atoms. The van der Waals surface area contributed by atoms with Gasteiger partial charge < -0.3 is 14.7 Å². The van der Waals surface area contributed by atoms with Crippen molar-refractivity contribution in [3.8, 4) is 5.75 Å². The van der Waals surface area contributed by atoms with Crippen LogP contribution in [0.5, 0.6) is 5.75 Å². The smallest absolute Gasteiger partial charge is 0.124 e. The number of rotatable bonds is 6. The lowest BCUT2D eigenvalue weighted by Gasteiger charge is -2.33. The molecule has 0 aliphatic carbocycles. The van der Waals surface area contributed by atoms with Crippen molar-refractivity contribution in [2.24, 2.45) is 5.92 Å². The zero-order valence-electron chi connectivity index (χ0n) is 13.0. The third-order valence-corrected chi connectivity index (χ3v) is 3.77. The van der Waals surface area contributed by atoms with Crippen molar-refractivity contribution in [2.75, 3.05) is 27.8 Å². The minimum atomic E-state index is 0.172. The molecule has 2 unspecified atom stereocenters. The van der Waals surface area contributed by atoms with Crippen molar-refractivity contribution >= 4 is 0 Å². The Balaban J connectivity index is 3.37. The third-order valence-electron chi connectivity index (χ3n) is 3.77. The van der Waals surface area contributed by atoms with E-state index in [9.17, 15) is 5.11 Å². The van der Waals surface area contributed by atoms with Crippen molar-refractivity contribution < 1.29 is 9.84 Å². The maximum Gasteiger partial charge on any atom is 0.124 e. The summed E-state index contributed by atoms with van der Waals surface area (Å²) in [6, 6.07) is 4.42. The number of ether oxygens (including phenoxy) is 1. The van der Waals surface area contributed by atoms with Crippen LogP contribution < -0.4 is 4.74 Å². The van der Waals surface area contributed by atoms with Gasteiger partial charge in [0.15, 0.2) is 0 Å². The summed E-state index contributed by atoms with van der Waals surface area (Å²) >= 11 is 0. The Labute approximate surface area is 117 Å². The molecular formula is C16H27NO2. The topological polar surface area (TPSA) is 32.7 Å². The van der Waals surface area contributed by atoms with Crippen LogP contribution in [0.25, 0.3) is 0 Å². The first-order valence-electron chi connectivity index (χ1n) is 6.88. The van der Waals surface area contributed by atoms with Crippen LogP contribution in [0.3, 0.4) is 0 Å². The second kappa shape index (κ2) is 6.92. The van der Waals surface area contributed by atoms with Crippen molar-refractivity contribution in [3.63, 3.8) is 0 Å². The molecule has 0 heterocycles. The predicted octanol–water partition coefficient (Wildman–Crippen LogP) is 2.93. The van der Waals surface area contributed by atoms with Crippen LogP contribution in [-0.2, 0) is 0 Å². The van der Waals surface area contributed by atoms with Gasteiger partial charge in [0.25, 0.3) is 0 Å². The Morgan fingerprint density at radius 3 is 2.32 bits per heavy atom. The third kappa shape index (κ3) is 3.48. The number of benzene rings is 1. The SMILES string of the molecule is CCC(CO)C(c1c(C)cc(C)cc1OC)N(C)C. The Morgan fingerprint density at radius 1 is 1.26 bits per heavy atom. The van der Waals surface area contributed by atoms with Crippen molar-refractivity contribution in [1.82, 2.24) is 4.90 Å². The summed E-state index contributed by atoms with van der Waals surface area (Å²) in [5.41, 5.74) is 3.62. The molecule has 0 saturated heterocycles. The van der Waals surface area contributed by atoms with Crippen LogP contribution in [0.2, 0.25) is 0 Å². The van der Waals surface area contributed by atoms with E-state index in [2.05, 4.69) is 51.9 Å². The van der Waals surface area contributed by atoms with Gasteiger partial charge >= 0.3 is 0 Å². The van der Waals surface area contributed by atoms with Crippen molar-refractivity contribution in [1.29, 1.82) is 0 Å². The first-order valence-corrected chi connectivity index (χ1v) is 6.88. The fraction of sp³-hybridized carbons (Fsp3) is 0.625. The quantitative estimate of drug-likeness (QED) is 0.858. The number of hydrogen-bond donors (Lipinski definition) is 1. The molecule has 1 aromatic rings. The molecule has 0 bridgehead atoms. The van der Waals surface area contributed by atoms with Crippen molar-refractivity contribution in [3.05, 3.63) is 28.8 Å². The van der Waals surface area contributed by atoms with Crippen molar-refractivity contribution in [2.45, 2.75) is 33.2 Å². The van der Waals surface area contributed by atoms with E-state index in [4.69, 9.17) is 4.74 Å². The van der Waals surface area contributed by atoms with E-state index in [0.717, 1.165) is 12.2 Å². The highest BCUT2D eigenvalue weighted by Crippen LogP contribution is 2.37. The average molecular weight is 265 g/mol. The molecule has 0 fully saturated rings. The zero-order valence-corrected chi connectivity index (χ0v) is 13.0. The first-order chi connectivity index (χ1) is 8.96. The van der Waals surface area contributed by atoms with Gasteiger partial charge in [-0.3, -0.25) is 0 Å². The van der Waals surface area contributed by atoms with Gasteiger partial charge in [0, 0.05) is 24.1 Å². The Hall–Kier alpha value is -1.06. The Bertz CT molecular complexity index is 411. The first kappa shape index (κ1) is 16.0. The molecule has 108 valence electrons. The summed E-state index contributed by atoms with van der Waals surface area (Å²) < 4.78 is 5.57. The second-order valence-corrected chi connectivity index (χ2v) is 5.46. The predicted molar refractivity (Wildman–Crippen MR) is 79.8 cm³/mol. The van der Waals surface area contributed by atoms with Gasteiger partial charge in [-0.05, 0) is 51.6 Å². The van der Waals surface area contributed by atoms with E-state index < -0.39 is 0 Å². The Kier molecular flexibility index (Phi) is 5.83. The lowest BCUT2D eigenvalue weighted by Crippen LogP contribution is -2.30. The minimum absolute atomic E-state index is 0.172. The van der Waals surface area contributed by atoms with Gasteiger partial charge in [0.1, 0.15) is 5.75 Å². The number of methoxy groups -OCH3 is 1. The average Bonchev–Trinajstić information content (AvgIpc) is 2.35. The van der Waals surface area contributed by atoms with Crippen LogP contribution in [0, 0.1) is 19.8 Å². The maximum atomic E-state index is 9.65. The number of aryl methyl sites for hydroxylation is 2. The number of nitrogens with zero attached hydrogens (tertiary/aromatic N) is 1. The highest BCUT2D eigenvalue weighted by atomic mass is 16.5. The molecule has 0 aliphatic heterocycles. The summed E-state index contributed by atoms with van der Waals surface area (Å²) in [6.07, 6.45) is 0.940. The molecule has 2 atom stereocenters. The van der Waals surface area contributed by atoms with E-state index in [-0.39, 0.29) is 18.6 Å². The largest absolute Gasteiger partial charge is 0.496 e. The number of hydrogen-bond acceptors (Lipinski definition) is 3. The van der Waals surface area contributed by atoms with Gasteiger partial charge in [-0.25, -0.2) is 0 Å². The van der Waals surface area contributed by atoms with E-state index in [1.54, 1.807) is 7.11 Å².